The number of hydrogen-bond acceptors (Lipinski definition) is 2. The molecule has 0 saturated carbocycles. The van der Waals surface area contributed by atoms with E-state index in [4.69, 9.17) is 4.74 Å². The summed E-state index contributed by atoms with van der Waals surface area (Å²) in [5, 5.41) is 0. The van der Waals surface area contributed by atoms with Crippen LogP contribution in [-0.2, 0) is 0 Å². The molecule has 0 N–H and O–H groups in total. The highest BCUT2D eigenvalue weighted by Crippen LogP contribution is 2.42. The van der Waals surface area contributed by atoms with Crippen LogP contribution in [0.2, 0.25) is 0 Å². The number of aromatic nitrogens is 1. The zero-order valence-corrected chi connectivity index (χ0v) is 17.1. The lowest BCUT2D eigenvalue weighted by Gasteiger charge is -2.16. The number of nitrogens with zero attached hydrogens (tertiary/aromatic N) is 1. The molecule has 0 spiro atoms. The van der Waals surface area contributed by atoms with Gasteiger partial charge >= 0.3 is 0 Å². The molecule has 1 unspecified atom stereocenters. The van der Waals surface area contributed by atoms with Gasteiger partial charge in [0.15, 0.2) is 5.75 Å². The number of methoxy groups -OCH3 is 1. The summed E-state index contributed by atoms with van der Waals surface area (Å²) in [6, 6.07) is 0. The second-order valence-corrected chi connectivity index (χ2v) is 7.61. The van der Waals surface area contributed by atoms with Crippen LogP contribution < -0.4 is 4.74 Å². The lowest BCUT2D eigenvalue weighted by Crippen LogP contribution is -2.02. The Balaban J connectivity index is 2.73. The Morgan fingerprint density at radius 1 is 1.10 bits per heavy atom. The smallest absolute Gasteiger partial charge is 0.150 e. The van der Waals surface area contributed by atoms with Crippen LogP contribution in [0.25, 0.3) is 0 Å². The molecule has 1 aromatic heterocycles. The molecule has 0 aliphatic carbocycles. The van der Waals surface area contributed by atoms with Gasteiger partial charge in [0.25, 0.3) is 0 Å². The van der Waals surface area contributed by atoms with Crippen LogP contribution in [0.4, 0.5) is 0 Å². The number of aryl methyl sites for hydroxylation is 1. The zero-order chi connectivity index (χ0) is 15.1. The molecule has 0 radical (unpaired) electrons. The molecule has 1 atom stereocenters. The van der Waals surface area contributed by atoms with Crippen LogP contribution in [0, 0.1) is 6.92 Å². The first-order valence-corrected chi connectivity index (χ1v) is 9.56. The quantitative estimate of drug-likeness (QED) is 0.310. The molecule has 0 aromatic carbocycles. The second kappa shape index (κ2) is 9.42. The summed E-state index contributed by atoms with van der Waals surface area (Å²) < 4.78 is 7.30. The Labute approximate surface area is 147 Å². The van der Waals surface area contributed by atoms with Crippen LogP contribution in [-0.4, -0.2) is 12.1 Å². The van der Waals surface area contributed by atoms with Crippen molar-refractivity contribution in [3.05, 3.63) is 20.3 Å². The van der Waals surface area contributed by atoms with E-state index in [1.165, 1.54) is 32.1 Å². The summed E-state index contributed by atoms with van der Waals surface area (Å²) in [5.41, 5.74) is 1.98. The summed E-state index contributed by atoms with van der Waals surface area (Å²) in [7, 11) is 1.68. The fourth-order valence-corrected chi connectivity index (χ4v) is 4.51. The molecule has 0 saturated heterocycles. The number of hydrogen-bond donors (Lipinski definition) is 0. The molecule has 1 rings (SSSR count). The van der Waals surface area contributed by atoms with Gasteiger partial charge in [0, 0.05) is 0 Å². The van der Waals surface area contributed by atoms with Crippen molar-refractivity contribution in [2.45, 2.75) is 57.2 Å². The number of unbranched alkanes of at least 4 members (excludes halogenated alkanes) is 4. The van der Waals surface area contributed by atoms with Crippen molar-refractivity contribution in [2.75, 3.05) is 7.11 Å². The van der Waals surface area contributed by atoms with Crippen LogP contribution in [0.1, 0.15) is 61.7 Å². The van der Waals surface area contributed by atoms with Gasteiger partial charge < -0.3 is 4.74 Å². The minimum Gasteiger partial charge on any atom is -0.494 e. The van der Waals surface area contributed by atoms with Crippen molar-refractivity contribution in [1.82, 2.24) is 4.98 Å². The van der Waals surface area contributed by atoms with E-state index in [0.717, 1.165) is 32.5 Å². The van der Waals surface area contributed by atoms with Gasteiger partial charge in [-0.2, -0.15) is 0 Å². The molecule has 1 heterocycles. The Morgan fingerprint density at radius 3 is 2.35 bits per heavy atom. The van der Waals surface area contributed by atoms with E-state index < -0.39 is 0 Å². The molecule has 114 valence electrons. The van der Waals surface area contributed by atoms with Crippen molar-refractivity contribution in [1.29, 1.82) is 0 Å². The highest BCUT2D eigenvalue weighted by atomic mass is 79.9. The molecular formula is C15H22Br3NO. The summed E-state index contributed by atoms with van der Waals surface area (Å²) >= 11 is 10.9. The molecule has 0 aliphatic heterocycles. The topological polar surface area (TPSA) is 22.1 Å². The monoisotopic (exact) mass is 469 g/mol. The average Bonchev–Trinajstić information content (AvgIpc) is 2.43. The number of alkyl halides is 1. The largest absolute Gasteiger partial charge is 0.494 e. The highest BCUT2D eigenvalue weighted by Gasteiger charge is 2.20. The molecule has 0 fully saturated rings. The van der Waals surface area contributed by atoms with Gasteiger partial charge in [-0.15, -0.1) is 0 Å². The lowest BCUT2D eigenvalue weighted by atomic mass is 10.1. The first kappa shape index (κ1) is 18.4. The first-order valence-electron chi connectivity index (χ1n) is 7.06. The van der Waals surface area contributed by atoms with Crippen LogP contribution >= 0.6 is 47.8 Å². The predicted octanol–water partition coefficient (Wildman–Crippen LogP) is 6.72. The summed E-state index contributed by atoms with van der Waals surface area (Å²) in [5.74, 6) is 0.822. The third-order valence-corrected chi connectivity index (χ3v) is 5.88. The zero-order valence-electron chi connectivity index (χ0n) is 12.3. The first-order chi connectivity index (χ1) is 9.52. The molecule has 0 amide bonds. The van der Waals surface area contributed by atoms with Gasteiger partial charge in [-0.25, -0.2) is 0 Å². The van der Waals surface area contributed by atoms with E-state index >= 15 is 0 Å². The van der Waals surface area contributed by atoms with Crippen molar-refractivity contribution in [2.24, 2.45) is 0 Å². The van der Waals surface area contributed by atoms with Gasteiger partial charge in [0.05, 0.1) is 32.3 Å². The molecule has 5 heteroatoms. The average molecular weight is 472 g/mol. The van der Waals surface area contributed by atoms with Crippen LogP contribution in [0.3, 0.4) is 0 Å². The normalized spacial score (nSPS) is 12.5. The van der Waals surface area contributed by atoms with E-state index in [0.29, 0.717) is 0 Å². The maximum Gasteiger partial charge on any atom is 0.150 e. The van der Waals surface area contributed by atoms with Gasteiger partial charge in [-0.05, 0) is 45.2 Å². The van der Waals surface area contributed by atoms with Crippen LogP contribution in [0.15, 0.2) is 8.95 Å². The fourth-order valence-electron chi connectivity index (χ4n) is 2.11. The van der Waals surface area contributed by atoms with Gasteiger partial charge in [-0.1, -0.05) is 55.0 Å². The third-order valence-electron chi connectivity index (χ3n) is 3.29. The van der Waals surface area contributed by atoms with Gasteiger partial charge in [-0.3, -0.25) is 4.98 Å². The van der Waals surface area contributed by atoms with E-state index in [2.05, 4.69) is 59.7 Å². The number of pyridine rings is 1. The Kier molecular flexibility index (Phi) is 8.68. The number of ether oxygens (including phenoxy) is 1. The van der Waals surface area contributed by atoms with Crippen molar-refractivity contribution < 1.29 is 4.74 Å². The third kappa shape index (κ3) is 4.99. The molecule has 2 nitrogen and oxygen atoms in total. The second-order valence-electron chi connectivity index (χ2n) is 4.91. The summed E-state index contributed by atoms with van der Waals surface area (Å²) in [4.78, 5) is 4.94. The van der Waals surface area contributed by atoms with Gasteiger partial charge in [0.1, 0.15) is 0 Å². The molecular weight excluding hydrogens is 450 g/mol. The maximum absolute atomic E-state index is 5.45. The fraction of sp³-hybridized carbons (Fsp3) is 0.667. The lowest BCUT2D eigenvalue weighted by molar-refractivity contribution is 0.407. The van der Waals surface area contributed by atoms with E-state index in [1.54, 1.807) is 7.11 Å². The van der Waals surface area contributed by atoms with Gasteiger partial charge in [0.2, 0.25) is 0 Å². The molecule has 0 aliphatic rings. The van der Waals surface area contributed by atoms with E-state index in [-0.39, 0.29) is 4.83 Å². The summed E-state index contributed by atoms with van der Waals surface area (Å²) in [6.07, 6.45) is 7.56. The van der Waals surface area contributed by atoms with Crippen molar-refractivity contribution in [3.8, 4) is 5.75 Å². The SMILES string of the molecule is CCCCCCCC(Br)c1nc(C)c(Br)c(OC)c1Br. The molecule has 0 bridgehead atoms. The van der Waals surface area contributed by atoms with Crippen molar-refractivity contribution >= 4 is 47.8 Å². The maximum atomic E-state index is 5.45. The Bertz CT molecular complexity index is 438. The molecule has 20 heavy (non-hydrogen) atoms. The van der Waals surface area contributed by atoms with E-state index in [1.807, 2.05) is 6.92 Å². The Morgan fingerprint density at radius 2 is 1.75 bits per heavy atom. The standard InChI is InChI=1S/C15H22Br3NO/c1-4-5-6-7-8-9-11(16)14-13(18)15(20-3)12(17)10(2)19-14/h11H,4-9H2,1-3H3. The van der Waals surface area contributed by atoms with E-state index in [9.17, 15) is 0 Å². The number of rotatable bonds is 8. The number of halogens is 3. The minimum atomic E-state index is 0.263. The van der Waals surface area contributed by atoms with Crippen LogP contribution in [0.5, 0.6) is 5.75 Å². The van der Waals surface area contributed by atoms with Crippen molar-refractivity contribution in [3.63, 3.8) is 0 Å². The molecule has 1 aromatic rings. The minimum absolute atomic E-state index is 0.263. The summed E-state index contributed by atoms with van der Waals surface area (Å²) in [6.45, 7) is 4.23. The predicted molar refractivity (Wildman–Crippen MR) is 96.0 cm³/mol. The Hall–Kier alpha value is 0.390. The highest BCUT2D eigenvalue weighted by molar-refractivity contribution is 9.11.